The zero-order chi connectivity index (χ0) is 25.7. The maximum Gasteiger partial charge on any atom is 0.338 e. The van der Waals surface area contributed by atoms with Gasteiger partial charge < -0.3 is 4.74 Å². The molecule has 7 rings (SSSR count). The van der Waals surface area contributed by atoms with E-state index < -0.39 is 10.3 Å². The Labute approximate surface area is 224 Å². The second-order valence-electron chi connectivity index (χ2n) is 13.7. The Morgan fingerprint density at radius 1 is 0.838 bits per heavy atom. The molecular weight excluding hydrogens is 488 g/mol. The summed E-state index contributed by atoms with van der Waals surface area (Å²) in [6.45, 7) is 10.1. The van der Waals surface area contributed by atoms with Gasteiger partial charge >= 0.3 is 10.3 Å². The molecule has 0 radical (unpaired) electrons. The maximum atomic E-state index is 13.2. The molecule has 37 heavy (non-hydrogen) atoms. The Hall–Kier alpha value is -0.290. The van der Waals surface area contributed by atoms with E-state index in [0.29, 0.717) is 54.8 Å². The molecule has 7 fully saturated rings. The molecule has 7 aliphatic rings. The Kier molecular flexibility index (Phi) is 7.96. The van der Waals surface area contributed by atoms with Gasteiger partial charge in [-0.2, -0.15) is 18.3 Å². The molecule has 0 aromatic carbocycles. The summed E-state index contributed by atoms with van der Waals surface area (Å²) in [7, 11) is -3.65. The van der Waals surface area contributed by atoms with Gasteiger partial charge in [-0.15, -0.1) is 0 Å². The minimum Gasteiger partial charge on any atom is -0.378 e. The molecule has 212 valence electrons. The lowest BCUT2D eigenvalue weighted by Gasteiger charge is -2.45. The van der Waals surface area contributed by atoms with E-state index in [1.807, 2.05) is 0 Å². The fourth-order valence-electron chi connectivity index (χ4n) is 8.66. The van der Waals surface area contributed by atoms with Gasteiger partial charge in [0.2, 0.25) is 0 Å². The van der Waals surface area contributed by atoms with Crippen LogP contribution in [0.25, 0.3) is 0 Å². The van der Waals surface area contributed by atoms with Crippen LogP contribution in [0.15, 0.2) is 0 Å². The van der Waals surface area contributed by atoms with Gasteiger partial charge in [-0.3, -0.25) is 4.18 Å². The molecule has 9 heteroatoms. The van der Waals surface area contributed by atoms with E-state index in [-0.39, 0.29) is 18.1 Å². The number of hydrazine groups is 2. The highest BCUT2D eigenvalue weighted by Crippen LogP contribution is 2.44. The second-order valence-corrected chi connectivity index (χ2v) is 15.3. The van der Waals surface area contributed by atoms with Gasteiger partial charge in [-0.1, -0.05) is 33.6 Å². The van der Waals surface area contributed by atoms with Gasteiger partial charge in [0.1, 0.15) is 0 Å². The van der Waals surface area contributed by atoms with Gasteiger partial charge in [-0.05, 0) is 86.9 Å². The predicted octanol–water partition coefficient (Wildman–Crippen LogP) is 3.71. The average Bonchev–Trinajstić information content (AvgIpc) is 3.28. The summed E-state index contributed by atoms with van der Waals surface area (Å²) in [5, 5.41) is 2.48. The maximum absolute atomic E-state index is 13.2. The van der Waals surface area contributed by atoms with Gasteiger partial charge in [0.25, 0.3) is 0 Å². The Balaban J connectivity index is 1.21. The van der Waals surface area contributed by atoms with Crippen LogP contribution in [0.4, 0.5) is 0 Å². The van der Waals surface area contributed by atoms with Crippen molar-refractivity contribution in [3.8, 4) is 0 Å². The van der Waals surface area contributed by atoms with Crippen LogP contribution in [-0.2, 0) is 19.2 Å². The number of fused-ring (bicyclic) bond motifs is 5. The molecule has 12 unspecified atom stereocenters. The first-order valence-electron chi connectivity index (χ1n) is 15.3. The highest BCUT2D eigenvalue weighted by atomic mass is 32.2. The smallest absolute Gasteiger partial charge is 0.338 e. The first kappa shape index (κ1) is 26.9. The fraction of sp³-hybridized carbons (Fsp3) is 1.00. The normalized spacial score (nSPS) is 52.6. The summed E-state index contributed by atoms with van der Waals surface area (Å²) in [5.74, 6) is 3.82. The number of hydrogen-bond donors (Lipinski definition) is 2. The van der Waals surface area contributed by atoms with Gasteiger partial charge in [0.15, 0.2) is 0 Å². The lowest BCUT2D eigenvalue weighted by Crippen LogP contribution is -2.53. The van der Waals surface area contributed by atoms with Crippen molar-refractivity contribution >= 4 is 10.3 Å². The van der Waals surface area contributed by atoms with Crippen molar-refractivity contribution in [2.75, 3.05) is 26.2 Å². The Morgan fingerprint density at radius 3 is 2.51 bits per heavy atom. The molecule has 4 saturated heterocycles. The van der Waals surface area contributed by atoms with Crippen LogP contribution < -0.4 is 11.0 Å². The Bertz CT molecular complexity index is 905. The average molecular weight is 539 g/mol. The van der Waals surface area contributed by atoms with Crippen molar-refractivity contribution in [3.05, 3.63) is 0 Å². The van der Waals surface area contributed by atoms with E-state index in [1.54, 1.807) is 4.31 Å². The van der Waals surface area contributed by atoms with Gasteiger partial charge in [0.05, 0.1) is 12.2 Å². The molecule has 2 N–H and O–H groups in total. The number of nitrogens with one attached hydrogen (secondary N) is 2. The second kappa shape index (κ2) is 10.9. The van der Waals surface area contributed by atoms with E-state index in [0.717, 1.165) is 51.2 Å². The van der Waals surface area contributed by atoms with Gasteiger partial charge in [-0.25, -0.2) is 10.4 Å². The summed E-state index contributed by atoms with van der Waals surface area (Å²) in [6, 6.07) is 1.09. The molecule has 0 spiro atoms. The topological polar surface area (TPSA) is 83.1 Å². The summed E-state index contributed by atoms with van der Waals surface area (Å²) < 4.78 is 40.3. The zero-order valence-corrected chi connectivity index (χ0v) is 24.0. The molecule has 8 nitrogen and oxygen atoms in total. The molecule has 3 saturated carbocycles. The monoisotopic (exact) mass is 538 g/mol. The van der Waals surface area contributed by atoms with Crippen molar-refractivity contribution in [2.45, 2.75) is 109 Å². The largest absolute Gasteiger partial charge is 0.378 e. The van der Waals surface area contributed by atoms with E-state index in [2.05, 4.69) is 36.7 Å². The van der Waals surface area contributed by atoms with Crippen LogP contribution in [0.2, 0.25) is 0 Å². The third-order valence-corrected chi connectivity index (χ3v) is 12.6. The van der Waals surface area contributed by atoms with Crippen LogP contribution in [0.1, 0.15) is 85.0 Å². The van der Waals surface area contributed by atoms with Crippen LogP contribution in [0.3, 0.4) is 0 Å². The van der Waals surface area contributed by atoms with E-state index in [4.69, 9.17) is 8.92 Å². The number of rotatable bonds is 0. The van der Waals surface area contributed by atoms with Crippen LogP contribution in [0.5, 0.6) is 0 Å². The Morgan fingerprint density at radius 2 is 1.65 bits per heavy atom. The van der Waals surface area contributed by atoms with Crippen molar-refractivity contribution < 1.29 is 17.3 Å². The highest BCUT2D eigenvalue weighted by Gasteiger charge is 2.46. The third kappa shape index (κ3) is 5.66. The molecule has 0 amide bonds. The molecule has 0 aromatic heterocycles. The van der Waals surface area contributed by atoms with Crippen LogP contribution in [0, 0.1) is 41.4 Å². The first-order valence-corrected chi connectivity index (χ1v) is 16.7. The predicted molar refractivity (Wildman–Crippen MR) is 143 cm³/mol. The van der Waals surface area contributed by atoms with E-state index in [1.165, 1.54) is 32.1 Å². The van der Waals surface area contributed by atoms with Crippen molar-refractivity contribution in [2.24, 2.45) is 41.4 Å². The van der Waals surface area contributed by atoms with Crippen molar-refractivity contribution in [1.29, 1.82) is 0 Å². The molecule has 3 aliphatic carbocycles. The number of nitrogens with zero attached hydrogens (tertiary/aromatic N) is 2. The van der Waals surface area contributed by atoms with Crippen molar-refractivity contribution in [3.63, 3.8) is 0 Å². The molecule has 4 aliphatic heterocycles. The van der Waals surface area contributed by atoms with Crippen LogP contribution >= 0.6 is 0 Å². The quantitative estimate of drug-likeness (QED) is 0.487. The minimum absolute atomic E-state index is 0.174. The number of ether oxygens (including phenoxy) is 1. The summed E-state index contributed by atoms with van der Waals surface area (Å²) in [5.41, 5.74) is 7.20. The highest BCUT2D eigenvalue weighted by molar-refractivity contribution is 7.84. The van der Waals surface area contributed by atoms with E-state index in [9.17, 15) is 8.42 Å². The summed E-state index contributed by atoms with van der Waals surface area (Å²) in [4.78, 5) is 0. The third-order valence-electron chi connectivity index (χ3n) is 11.2. The van der Waals surface area contributed by atoms with Crippen LogP contribution in [-0.4, -0.2) is 68.3 Å². The summed E-state index contributed by atoms with van der Waals surface area (Å²) >= 11 is 0. The molecule has 0 aromatic rings. The SMILES string of the molecule is CC1CCC2CC1CN1CC3CC(CCC3OS1(=O)=O)OC[C@H](C)CCN1NNC3C(C)C(CCC31)C2. The molecule has 9 bridgehead atoms. The first-order chi connectivity index (χ1) is 17.8. The fourth-order valence-corrected chi connectivity index (χ4v) is 10.1. The zero-order valence-electron chi connectivity index (χ0n) is 23.2. The molecular formula is C28H50N4O4S. The lowest BCUT2D eigenvalue weighted by atomic mass is 9.67. The van der Waals surface area contributed by atoms with Crippen molar-refractivity contribution in [1.82, 2.24) is 20.3 Å². The summed E-state index contributed by atoms with van der Waals surface area (Å²) in [6.07, 6.45) is 11.2. The molecule has 4 heterocycles. The molecule has 13 atom stereocenters. The lowest BCUT2D eigenvalue weighted by molar-refractivity contribution is -0.0523. The minimum atomic E-state index is -3.65. The number of hydrogen-bond acceptors (Lipinski definition) is 7. The van der Waals surface area contributed by atoms with E-state index >= 15 is 0 Å². The standard InChI is InChI=1S/C28H50N4O4S/c1-18-10-11-32-26-8-6-22(20(3)28(26)29-30-32)12-21-5-4-19(2)23(13-21)15-31-16-24-14-25(35-17-18)7-9-27(24)36-37(31,33)34/h18-30H,4-17H2,1-3H3/t18-,19?,20?,21?,22?,23?,24?,25?,26?,27?,28?/m1/s1. The van der Waals surface area contributed by atoms with Gasteiger partial charge in [0, 0.05) is 44.2 Å².